The molecule has 0 saturated carbocycles. The van der Waals surface area contributed by atoms with Crippen molar-refractivity contribution in [2.24, 2.45) is 0 Å². The normalized spacial score (nSPS) is 10.3. The Bertz CT molecular complexity index is 563. The molecule has 0 saturated heterocycles. The van der Waals surface area contributed by atoms with E-state index in [0.29, 0.717) is 17.8 Å². The summed E-state index contributed by atoms with van der Waals surface area (Å²) in [6.07, 6.45) is 0.679. The van der Waals surface area contributed by atoms with Crippen LogP contribution in [0.1, 0.15) is 10.6 Å². The Labute approximate surface area is 120 Å². The van der Waals surface area contributed by atoms with E-state index in [1.807, 2.05) is 12.1 Å². The van der Waals surface area contributed by atoms with Gasteiger partial charge in [-0.25, -0.2) is 0 Å². The summed E-state index contributed by atoms with van der Waals surface area (Å²) in [5, 5.41) is 0. The topological polar surface area (TPSA) is 39.4 Å². The van der Waals surface area contributed by atoms with Crippen molar-refractivity contribution in [3.63, 3.8) is 0 Å². The van der Waals surface area contributed by atoms with E-state index in [2.05, 4.69) is 38.5 Å². The van der Waals surface area contributed by atoms with Crippen molar-refractivity contribution < 1.29 is 13.9 Å². The fourth-order valence-corrected chi connectivity index (χ4v) is 3.24. The minimum absolute atomic E-state index is 0.303. The van der Waals surface area contributed by atoms with Crippen LogP contribution in [0.3, 0.4) is 0 Å². The van der Waals surface area contributed by atoms with Crippen molar-refractivity contribution >= 4 is 44.8 Å². The molecule has 0 N–H and O–H groups in total. The molecule has 0 aliphatic carbocycles. The summed E-state index contributed by atoms with van der Waals surface area (Å²) in [6, 6.07) is 7.24. The average Bonchev–Trinajstić information content (AvgIpc) is 2.76. The second-order valence-electron chi connectivity index (χ2n) is 3.29. The number of hydrogen-bond acceptors (Lipinski definition) is 3. The molecule has 0 atom stereocenters. The Balaban J connectivity index is 2.60. The summed E-state index contributed by atoms with van der Waals surface area (Å²) in [7, 11) is 1.61. The largest absolute Gasteiger partial charge is 0.495 e. The molecular weight excluding hydrogens is 399 g/mol. The van der Waals surface area contributed by atoms with E-state index in [1.165, 1.54) is 0 Å². The number of hydrogen-bond donors (Lipinski definition) is 0. The van der Waals surface area contributed by atoms with Crippen molar-refractivity contribution in [1.29, 1.82) is 0 Å². The number of ether oxygens (including phenoxy) is 1. The lowest BCUT2D eigenvalue weighted by molar-refractivity contribution is 0.110. The maximum Gasteiger partial charge on any atom is 0.185 e. The lowest BCUT2D eigenvalue weighted by Gasteiger charge is -2.09. The summed E-state index contributed by atoms with van der Waals surface area (Å²) in [6.45, 7) is 0. The van der Waals surface area contributed by atoms with Crippen LogP contribution in [-0.2, 0) is 0 Å². The van der Waals surface area contributed by atoms with Gasteiger partial charge in [-0.1, -0.05) is 15.9 Å². The summed E-state index contributed by atoms with van der Waals surface area (Å²) >= 11 is 5.61. The molecule has 1 aromatic heterocycles. The molecule has 0 amide bonds. The third-order valence-electron chi connectivity index (χ3n) is 2.22. The second kappa shape index (κ2) is 5.22. The van der Waals surface area contributed by atoms with Crippen LogP contribution >= 0.6 is 38.5 Å². The number of aldehydes is 1. The van der Waals surface area contributed by atoms with Gasteiger partial charge in [-0.15, -0.1) is 0 Å². The quantitative estimate of drug-likeness (QED) is 0.568. The Kier molecular flexibility index (Phi) is 3.88. The van der Waals surface area contributed by atoms with Crippen molar-refractivity contribution in [3.05, 3.63) is 38.1 Å². The van der Waals surface area contributed by atoms with Crippen molar-refractivity contribution in [2.45, 2.75) is 0 Å². The first-order valence-corrected chi connectivity index (χ1v) is 6.61. The zero-order valence-corrected chi connectivity index (χ0v) is 12.6. The molecule has 88 valence electrons. The maximum absolute atomic E-state index is 10.6. The third-order valence-corrected chi connectivity index (χ3v) is 3.48. The van der Waals surface area contributed by atoms with E-state index in [0.717, 1.165) is 19.4 Å². The van der Waals surface area contributed by atoms with Gasteiger partial charge in [0.2, 0.25) is 0 Å². The third kappa shape index (κ3) is 2.55. The number of rotatable bonds is 3. The smallest absolute Gasteiger partial charge is 0.185 e. The summed E-state index contributed by atoms with van der Waals surface area (Å²) in [5.41, 5.74) is 0.819. The van der Waals surface area contributed by atoms with Crippen molar-refractivity contribution in [2.75, 3.05) is 7.11 Å². The SMILES string of the molecule is COc1c(I)cc(Br)cc1-c1ccc(C=O)o1. The van der Waals surface area contributed by atoms with E-state index >= 15 is 0 Å². The minimum atomic E-state index is 0.303. The zero-order valence-electron chi connectivity index (χ0n) is 8.87. The van der Waals surface area contributed by atoms with Crippen LogP contribution < -0.4 is 4.74 Å². The molecule has 0 fully saturated rings. The van der Waals surface area contributed by atoms with E-state index in [-0.39, 0.29) is 0 Å². The lowest BCUT2D eigenvalue weighted by Crippen LogP contribution is -1.90. The van der Waals surface area contributed by atoms with Gasteiger partial charge in [0.1, 0.15) is 11.5 Å². The van der Waals surface area contributed by atoms with Crippen LogP contribution in [0.15, 0.2) is 33.2 Å². The van der Waals surface area contributed by atoms with Crippen molar-refractivity contribution in [1.82, 2.24) is 0 Å². The Morgan fingerprint density at radius 1 is 1.41 bits per heavy atom. The molecule has 0 bridgehead atoms. The van der Waals surface area contributed by atoms with Gasteiger partial charge < -0.3 is 9.15 Å². The molecule has 1 heterocycles. The van der Waals surface area contributed by atoms with E-state index in [4.69, 9.17) is 9.15 Å². The van der Waals surface area contributed by atoms with Gasteiger partial charge in [-0.3, -0.25) is 4.79 Å². The molecule has 0 spiro atoms. The van der Waals surface area contributed by atoms with Gasteiger partial charge in [-0.2, -0.15) is 0 Å². The molecule has 2 aromatic rings. The number of furan rings is 1. The van der Waals surface area contributed by atoms with E-state index < -0.39 is 0 Å². The first kappa shape index (κ1) is 12.6. The summed E-state index contributed by atoms with van der Waals surface area (Å²) < 4.78 is 12.7. The first-order chi connectivity index (χ1) is 8.15. The highest BCUT2D eigenvalue weighted by molar-refractivity contribution is 14.1. The van der Waals surface area contributed by atoms with E-state index in [1.54, 1.807) is 19.2 Å². The second-order valence-corrected chi connectivity index (χ2v) is 5.37. The number of benzene rings is 1. The molecule has 0 unspecified atom stereocenters. The Morgan fingerprint density at radius 2 is 2.18 bits per heavy atom. The summed E-state index contributed by atoms with van der Waals surface area (Å²) in [4.78, 5) is 10.6. The molecule has 1 aromatic carbocycles. The highest BCUT2D eigenvalue weighted by Gasteiger charge is 2.14. The number of carbonyl (C=O) groups is 1. The van der Waals surface area contributed by atoms with E-state index in [9.17, 15) is 4.79 Å². The Morgan fingerprint density at radius 3 is 2.76 bits per heavy atom. The molecule has 0 aliphatic rings. The zero-order chi connectivity index (χ0) is 12.4. The predicted molar refractivity (Wildman–Crippen MR) is 76.5 cm³/mol. The van der Waals surface area contributed by atoms with Gasteiger partial charge in [0.05, 0.1) is 16.2 Å². The standard InChI is InChI=1S/C12H8BrIO3/c1-16-12-9(4-7(13)5-10(12)14)11-3-2-8(6-15)17-11/h2-6H,1H3. The Hall–Kier alpha value is -0.820. The average molecular weight is 407 g/mol. The van der Waals surface area contributed by atoms with Gasteiger partial charge in [0.25, 0.3) is 0 Å². The monoisotopic (exact) mass is 406 g/mol. The van der Waals surface area contributed by atoms with Crippen LogP contribution in [0.2, 0.25) is 0 Å². The van der Waals surface area contributed by atoms with Crippen LogP contribution in [0, 0.1) is 3.57 Å². The molecule has 3 nitrogen and oxygen atoms in total. The highest BCUT2D eigenvalue weighted by Crippen LogP contribution is 2.37. The fraction of sp³-hybridized carbons (Fsp3) is 0.0833. The van der Waals surface area contributed by atoms with Crippen LogP contribution in [0.25, 0.3) is 11.3 Å². The van der Waals surface area contributed by atoms with Gasteiger partial charge >= 0.3 is 0 Å². The minimum Gasteiger partial charge on any atom is -0.495 e. The van der Waals surface area contributed by atoms with Gasteiger partial charge in [0.15, 0.2) is 12.0 Å². The number of carbonyl (C=O) groups excluding carboxylic acids is 1. The van der Waals surface area contributed by atoms with Crippen LogP contribution in [0.5, 0.6) is 5.75 Å². The van der Waals surface area contributed by atoms with Crippen molar-refractivity contribution in [3.8, 4) is 17.1 Å². The molecule has 5 heteroatoms. The molecule has 2 rings (SSSR count). The summed E-state index contributed by atoms with van der Waals surface area (Å²) in [5.74, 6) is 1.65. The molecule has 17 heavy (non-hydrogen) atoms. The lowest BCUT2D eigenvalue weighted by atomic mass is 10.1. The first-order valence-electron chi connectivity index (χ1n) is 4.74. The van der Waals surface area contributed by atoms with Gasteiger partial charge in [-0.05, 0) is 46.9 Å². The number of halogens is 2. The molecule has 0 aliphatic heterocycles. The fourth-order valence-electron chi connectivity index (χ4n) is 1.51. The maximum atomic E-state index is 10.6. The molecule has 0 radical (unpaired) electrons. The van der Waals surface area contributed by atoms with Crippen LogP contribution in [0.4, 0.5) is 0 Å². The predicted octanol–water partition coefficient (Wildman–Crippen LogP) is 4.13. The highest BCUT2D eigenvalue weighted by atomic mass is 127. The molecular formula is C12H8BrIO3. The van der Waals surface area contributed by atoms with Crippen LogP contribution in [-0.4, -0.2) is 13.4 Å². The van der Waals surface area contributed by atoms with Gasteiger partial charge in [0, 0.05) is 4.47 Å². The number of methoxy groups -OCH3 is 1.